The Morgan fingerprint density at radius 1 is 1.12 bits per heavy atom. The number of carbonyl (C=O) groups excluding carboxylic acids is 1. The summed E-state index contributed by atoms with van der Waals surface area (Å²) < 4.78 is 22.6. The summed E-state index contributed by atoms with van der Waals surface area (Å²) in [5, 5.41) is 8.74. The highest BCUT2D eigenvalue weighted by molar-refractivity contribution is 6.31. The molecule has 164 valence electrons. The smallest absolute Gasteiger partial charge is 0.341 e. The van der Waals surface area contributed by atoms with E-state index in [-0.39, 0.29) is 12.5 Å². The average Bonchev–Trinajstić information content (AvgIpc) is 3.48. The van der Waals surface area contributed by atoms with E-state index in [9.17, 15) is 4.79 Å². The molecule has 0 unspecified atom stereocenters. The first-order valence-corrected chi connectivity index (χ1v) is 9.93. The fourth-order valence-electron chi connectivity index (χ4n) is 2.97. The standard InChI is InChI=1S/C22H19ClN4O5/c1-29-18-8-7-14(9-19(18)30-2)21-25-20(32-26-21)13-31-22(28)16-10-24-27(12-16)11-15-5-3-4-6-17(15)23/h3-10,12H,11,13H2,1-2H3. The highest BCUT2D eigenvalue weighted by Gasteiger charge is 2.16. The van der Waals surface area contributed by atoms with Crippen molar-refractivity contribution < 1.29 is 23.5 Å². The molecule has 0 bridgehead atoms. The van der Waals surface area contributed by atoms with E-state index >= 15 is 0 Å². The van der Waals surface area contributed by atoms with E-state index in [0.29, 0.717) is 40.0 Å². The molecule has 10 heteroatoms. The Morgan fingerprint density at radius 2 is 1.94 bits per heavy atom. The minimum absolute atomic E-state index is 0.159. The number of rotatable bonds is 8. The molecule has 4 aromatic rings. The average molecular weight is 455 g/mol. The van der Waals surface area contributed by atoms with Gasteiger partial charge in [0.15, 0.2) is 18.1 Å². The Labute approximate surface area is 188 Å². The molecule has 0 spiro atoms. The summed E-state index contributed by atoms with van der Waals surface area (Å²) in [6, 6.07) is 12.7. The molecule has 2 heterocycles. The first kappa shape index (κ1) is 21.4. The lowest BCUT2D eigenvalue weighted by Gasteiger charge is -2.07. The maximum Gasteiger partial charge on any atom is 0.341 e. The van der Waals surface area contributed by atoms with Crippen LogP contribution in [0.2, 0.25) is 5.02 Å². The Kier molecular flexibility index (Phi) is 6.37. The van der Waals surface area contributed by atoms with Gasteiger partial charge in [0.1, 0.15) is 0 Å². The first-order chi connectivity index (χ1) is 15.6. The molecule has 0 saturated heterocycles. The van der Waals surface area contributed by atoms with E-state index in [1.807, 2.05) is 18.2 Å². The third kappa shape index (κ3) is 4.73. The minimum atomic E-state index is -0.554. The molecule has 0 fully saturated rings. The lowest BCUT2D eigenvalue weighted by Crippen LogP contribution is -2.05. The highest BCUT2D eigenvalue weighted by Crippen LogP contribution is 2.31. The van der Waals surface area contributed by atoms with Gasteiger partial charge in [-0.2, -0.15) is 10.1 Å². The number of benzene rings is 2. The van der Waals surface area contributed by atoms with Crippen molar-refractivity contribution in [3.63, 3.8) is 0 Å². The number of esters is 1. The molecule has 2 aromatic heterocycles. The summed E-state index contributed by atoms with van der Waals surface area (Å²) in [4.78, 5) is 16.6. The van der Waals surface area contributed by atoms with Crippen LogP contribution in [0, 0.1) is 0 Å². The van der Waals surface area contributed by atoms with Gasteiger partial charge in [0.2, 0.25) is 5.82 Å². The second-order valence-electron chi connectivity index (χ2n) is 6.68. The molecule has 0 aliphatic rings. The molecule has 0 saturated carbocycles. The molecule has 0 radical (unpaired) electrons. The quantitative estimate of drug-likeness (QED) is 0.368. The van der Waals surface area contributed by atoms with E-state index < -0.39 is 5.97 Å². The fraction of sp³-hybridized carbons (Fsp3) is 0.182. The lowest BCUT2D eigenvalue weighted by atomic mass is 10.2. The van der Waals surface area contributed by atoms with Crippen molar-refractivity contribution in [2.75, 3.05) is 14.2 Å². The van der Waals surface area contributed by atoms with Crippen molar-refractivity contribution in [3.8, 4) is 22.9 Å². The van der Waals surface area contributed by atoms with Crippen LogP contribution in [0.25, 0.3) is 11.4 Å². The second kappa shape index (κ2) is 9.52. The van der Waals surface area contributed by atoms with Gasteiger partial charge in [-0.1, -0.05) is 35.0 Å². The van der Waals surface area contributed by atoms with Crippen LogP contribution in [0.15, 0.2) is 59.4 Å². The zero-order chi connectivity index (χ0) is 22.5. The van der Waals surface area contributed by atoms with Gasteiger partial charge in [0.05, 0.1) is 32.5 Å². The van der Waals surface area contributed by atoms with Crippen LogP contribution < -0.4 is 9.47 Å². The molecule has 0 aliphatic heterocycles. The van der Waals surface area contributed by atoms with Crippen LogP contribution in [0.5, 0.6) is 11.5 Å². The van der Waals surface area contributed by atoms with E-state index in [2.05, 4.69) is 15.2 Å². The number of halogens is 1. The van der Waals surface area contributed by atoms with Crippen molar-refractivity contribution in [2.45, 2.75) is 13.2 Å². The number of methoxy groups -OCH3 is 2. The SMILES string of the molecule is COc1ccc(-c2noc(COC(=O)c3cnn(Cc4ccccc4Cl)c3)n2)cc1OC. The van der Waals surface area contributed by atoms with Crippen LogP contribution in [0.4, 0.5) is 0 Å². The zero-order valence-electron chi connectivity index (χ0n) is 17.3. The molecule has 32 heavy (non-hydrogen) atoms. The van der Waals surface area contributed by atoms with Crippen LogP contribution in [0.3, 0.4) is 0 Å². The first-order valence-electron chi connectivity index (χ1n) is 9.55. The van der Waals surface area contributed by atoms with Crippen LogP contribution in [-0.4, -0.2) is 40.1 Å². The van der Waals surface area contributed by atoms with E-state index in [1.165, 1.54) is 6.20 Å². The molecule has 0 N–H and O–H groups in total. The summed E-state index contributed by atoms with van der Waals surface area (Å²) in [6.07, 6.45) is 3.02. The molecule has 9 nitrogen and oxygen atoms in total. The summed E-state index contributed by atoms with van der Waals surface area (Å²) in [5.74, 6) is 1.07. The molecule has 0 atom stereocenters. The Bertz CT molecular complexity index is 1240. The van der Waals surface area contributed by atoms with Crippen LogP contribution in [-0.2, 0) is 17.9 Å². The van der Waals surface area contributed by atoms with Crippen molar-refractivity contribution in [3.05, 3.63) is 76.9 Å². The highest BCUT2D eigenvalue weighted by atomic mass is 35.5. The zero-order valence-corrected chi connectivity index (χ0v) is 18.1. The second-order valence-corrected chi connectivity index (χ2v) is 7.08. The largest absolute Gasteiger partial charge is 0.493 e. The van der Waals surface area contributed by atoms with Crippen molar-refractivity contribution in [2.24, 2.45) is 0 Å². The van der Waals surface area contributed by atoms with Gasteiger partial charge in [-0.05, 0) is 29.8 Å². The van der Waals surface area contributed by atoms with Gasteiger partial charge in [0.25, 0.3) is 5.89 Å². The number of carbonyl (C=O) groups is 1. The van der Waals surface area contributed by atoms with Gasteiger partial charge in [-0.15, -0.1) is 0 Å². The maximum absolute atomic E-state index is 12.4. The van der Waals surface area contributed by atoms with Crippen LogP contribution >= 0.6 is 11.6 Å². The molecule has 4 rings (SSSR count). The lowest BCUT2D eigenvalue weighted by molar-refractivity contribution is 0.0429. The Morgan fingerprint density at radius 3 is 2.72 bits per heavy atom. The number of ether oxygens (including phenoxy) is 3. The molecule has 0 amide bonds. The third-order valence-corrected chi connectivity index (χ3v) is 4.96. The predicted octanol–water partition coefficient (Wildman–Crippen LogP) is 4.01. The molecule has 0 aliphatic carbocycles. The predicted molar refractivity (Wildman–Crippen MR) is 115 cm³/mol. The summed E-state index contributed by atoms with van der Waals surface area (Å²) in [5.41, 5.74) is 1.87. The van der Waals surface area contributed by atoms with Crippen molar-refractivity contribution in [1.29, 1.82) is 0 Å². The molecule has 2 aromatic carbocycles. The monoisotopic (exact) mass is 454 g/mol. The van der Waals surface area contributed by atoms with Gasteiger partial charge >= 0.3 is 5.97 Å². The molecular weight excluding hydrogens is 436 g/mol. The fourth-order valence-corrected chi connectivity index (χ4v) is 3.17. The maximum atomic E-state index is 12.4. The van der Waals surface area contributed by atoms with Gasteiger partial charge in [-0.3, -0.25) is 4.68 Å². The van der Waals surface area contributed by atoms with Gasteiger partial charge in [0, 0.05) is 16.8 Å². The van der Waals surface area contributed by atoms with Gasteiger partial charge in [-0.25, -0.2) is 4.79 Å². The normalized spacial score (nSPS) is 10.7. The van der Waals surface area contributed by atoms with Crippen molar-refractivity contribution in [1.82, 2.24) is 19.9 Å². The van der Waals surface area contributed by atoms with Crippen molar-refractivity contribution >= 4 is 17.6 Å². The summed E-state index contributed by atoms with van der Waals surface area (Å²) in [6.45, 7) is 0.264. The van der Waals surface area contributed by atoms with Crippen LogP contribution in [0.1, 0.15) is 21.8 Å². The third-order valence-electron chi connectivity index (χ3n) is 4.60. The van der Waals surface area contributed by atoms with E-state index in [0.717, 1.165) is 5.56 Å². The number of nitrogens with zero attached hydrogens (tertiary/aromatic N) is 4. The van der Waals surface area contributed by atoms with E-state index in [4.69, 9.17) is 30.3 Å². The Balaban J connectivity index is 1.38. The summed E-state index contributed by atoms with van der Waals surface area (Å²) in [7, 11) is 3.10. The topological polar surface area (TPSA) is 102 Å². The van der Waals surface area contributed by atoms with Gasteiger partial charge < -0.3 is 18.7 Å². The number of hydrogen-bond donors (Lipinski definition) is 0. The Hall–Kier alpha value is -3.85. The van der Waals surface area contributed by atoms with E-state index in [1.54, 1.807) is 49.4 Å². The minimum Gasteiger partial charge on any atom is -0.493 e. The number of aromatic nitrogens is 4. The number of hydrogen-bond acceptors (Lipinski definition) is 8. The summed E-state index contributed by atoms with van der Waals surface area (Å²) >= 11 is 6.17. The molecular formula is C22H19ClN4O5.